The molecule has 0 aromatic carbocycles. The number of ether oxygens (including phenoxy) is 1. The molecule has 18 heavy (non-hydrogen) atoms. The van der Waals surface area contributed by atoms with Crippen molar-refractivity contribution in [1.29, 1.82) is 0 Å². The van der Waals surface area contributed by atoms with Crippen molar-refractivity contribution >= 4 is 23.2 Å². The maximum atomic E-state index is 11.9. The van der Waals surface area contributed by atoms with E-state index in [0.717, 1.165) is 13.0 Å². The van der Waals surface area contributed by atoms with Crippen LogP contribution >= 0.6 is 12.2 Å². The van der Waals surface area contributed by atoms with Gasteiger partial charge in [-0.1, -0.05) is 33.0 Å². The molecule has 0 aromatic heterocycles. The van der Waals surface area contributed by atoms with Crippen molar-refractivity contribution in [1.82, 2.24) is 4.90 Å². The predicted octanol–water partition coefficient (Wildman–Crippen LogP) is 1.96. The second kappa shape index (κ2) is 9.28. The minimum atomic E-state index is -0.193. The van der Waals surface area contributed by atoms with Crippen molar-refractivity contribution < 1.29 is 9.53 Å². The summed E-state index contributed by atoms with van der Waals surface area (Å²) in [5, 5.41) is 0. The summed E-state index contributed by atoms with van der Waals surface area (Å²) in [5.74, 6) is 0.336. The standard InChI is InChI=1S/C13H26N2O2S/c1-5-11(13(16)17-6-2)15(9-10(3)4)8-7-12(14)18/h10-11H,5-9H2,1-4H3,(H2,14,18). The monoisotopic (exact) mass is 274 g/mol. The zero-order valence-electron chi connectivity index (χ0n) is 11.9. The molecule has 2 N–H and O–H groups in total. The summed E-state index contributed by atoms with van der Waals surface area (Å²) in [5.41, 5.74) is 5.54. The second-order valence-corrected chi connectivity index (χ2v) is 5.31. The van der Waals surface area contributed by atoms with Crippen molar-refractivity contribution in [2.75, 3.05) is 19.7 Å². The Bertz CT molecular complexity index is 270. The van der Waals surface area contributed by atoms with E-state index in [-0.39, 0.29) is 12.0 Å². The summed E-state index contributed by atoms with van der Waals surface area (Å²) in [7, 11) is 0. The lowest BCUT2D eigenvalue weighted by molar-refractivity contribution is -0.149. The molecule has 0 amide bonds. The molecule has 1 unspecified atom stereocenters. The number of hydrogen-bond donors (Lipinski definition) is 1. The molecular weight excluding hydrogens is 248 g/mol. The third-order valence-corrected chi connectivity index (χ3v) is 2.84. The Labute approximate surface area is 116 Å². The van der Waals surface area contributed by atoms with Crippen molar-refractivity contribution in [3.05, 3.63) is 0 Å². The van der Waals surface area contributed by atoms with Crippen molar-refractivity contribution in [3.8, 4) is 0 Å². The number of hydrogen-bond acceptors (Lipinski definition) is 4. The van der Waals surface area contributed by atoms with Gasteiger partial charge in [0.25, 0.3) is 0 Å². The van der Waals surface area contributed by atoms with Crippen LogP contribution in [0.1, 0.15) is 40.5 Å². The van der Waals surface area contributed by atoms with Crippen LogP contribution in [0.5, 0.6) is 0 Å². The average molecular weight is 274 g/mol. The molecule has 0 aliphatic heterocycles. The van der Waals surface area contributed by atoms with Crippen LogP contribution in [0.3, 0.4) is 0 Å². The zero-order chi connectivity index (χ0) is 14.1. The Kier molecular flexibility index (Phi) is 8.93. The Hall–Kier alpha value is -0.680. The molecule has 0 fully saturated rings. The SMILES string of the molecule is CCOC(=O)C(CC)N(CCC(N)=S)CC(C)C. The number of nitrogens with zero attached hydrogens (tertiary/aromatic N) is 1. The molecule has 0 bridgehead atoms. The van der Waals surface area contributed by atoms with E-state index in [1.807, 2.05) is 13.8 Å². The molecule has 0 saturated heterocycles. The number of carbonyl (C=O) groups excluding carboxylic acids is 1. The van der Waals surface area contributed by atoms with Crippen LogP contribution in [0.25, 0.3) is 0 Å². The number of nitrogens with two attached hydrogens (primary N) is 1. The zero-order valence-corrected chi connectivity index (χ0v) is 12.8. The first-order valence-corrected chi connectivity index (χ1v) is 7.02. The van der Waals surface area contributed by atoms with E-state index in [2.05, 4.69) is 18.7 Å². The maximum Gasteiger partial charge on any atom is 0.323 e. The molecule has 0 rings (SSSR count). The Morgan fingerprint density at radius 3 is 2.39 bits per heavy atom. The summed E-state index contributed by atoms with van der Waals surface area (Å²) in [6, 6.07) is -0.193. The first-order valence-electron chi connectivity index (χ1n) is 6.61. The molecule has 0 aromatic rings. The maximum absolute atomic E-state index is 11.9. The normalized spacial score (nSPS) is 12.8. The van der Waals surface area contributed by atoms with E-state index in [1.54, 1.807) is 0 Å². The smallest absolute Gasteiger partial charge is 0.323 e. The van der Waals surface area contributed by atoms with Gasteiger partial charge in [0.05, 0.1) is 11.6 Å². The van der Waals surface area contributed by atoms with E-state index in [4.69, 9.17) is 22.7 Å². The molecular formula is C13H26N2O2S. The lowest BCUT2D eigenvalue weighted by atomic mass is 10.1. The number of carbonyl (C=O) groups is 1. The highest BCUT2D eigenvalue weighted by molar-refractivity contribution is 7.80. The average Bonchev–Trinajstić information content (AvgIpc) is 2.26. The van der Waals surface area contributed by atoms with Gasteiger partial charge in [0, 0.05) is 19.5 Å². The molecule has 0 saturated carbocycles. The van der Waals surface area contributed by atoms with Crippen LogP contribution in [0.2, 0.25) is 0 Å². The van der Waals surface area contributed by atoms with Crippen LogP contribution in [-0.2, 0) is 9.53 Å². The van der Waals surface area contributed by atoms with Gasteiger partial charge in [0.15, 0.2) is 0 Å². The first-order chi connectivity index (χ1) is 8.42. The van der Waals surface area contributed by atoms with Gasteiger partial charge in [0.2, 0.25) is 0 Å². The van der Waals surface area contributed by atoms with E-state index < -0.39 is 0 Å². The van der Waals surface area contributed by atoms with E-state index >= 15 is 0 Å². The van der Waals surface area contributed by atoms with Crippen molar-refractivity contribution in [2.45, 2.75) is 46.6 Å². The third kappa shape index (κ3) is 6.91. The van der Waals surface area contributed by atoms with Gasteiger partial charge in [-0.15, -0.1) is 0 Å². The third-order valence-electron chi connectivity index (χ3n) is 2.63. The molecule has 0 radical (unpaired) electrons. The van der Waals surface area contributed by atoms with Crippen LogP contribution < -0.4 is 5.73 Å². The highest BCUT2D eigenvalue weighted by Gasteiger charge is 2.25. The number of thiocarbonyl (C=S) groups is 1. The van der Waals surface area contributed by atoms with Gasteiger partial charge in [0.1, 0.15) is 6.04 Å². The lowest BCUT2D eigenvalue weighted by Gasteiger charge is -2.30. The van der Waals surface area contributed by atoms with E-state index in [0.29, 0.717) is 30.5 Å². The fraction of sp³-hybridized carbons (Fsp3) is 0.846. The van der Waals surface area contributed by atoms with Gasteiger partial charge in [-0.05, 0) is 19.3 Å². The Balaban J connectivity index is 4.65. The van der Waals surface area contributed by atoms with Crippen LogP contribution in [0, 0.1) is 5.92 Å². The van der Waals surface area contributed by atoms with Crippen LogP contribution in [-0.4, -0.2) is 41.6 Å². The molecule has 0 aliphatic rings. The lowest BCUT2D eigenvalue weighted by Crippen LogP contribution is -2.44. The Morgan fingerprint density at radius 1 is 1.39 bits per heavy atom. The number of esters is 1. The predicted molar refractivity (Wildman–Crippen MR) is 78.5 cm³/mol. The molecule has 0 heterocycles. The van der Waals surface area contributed by atoms with E-state index in [1.165, 1.54) is 0 Å². The topological polar surface area (TPSA) is 55.6 Å². The second-order valence-electron chi connectivity index (χ2n) is 4.78. The molecule has 0 spiro atoms. The summed E-state index contributed by atoms with van der Waals surface area (Å²) in [6.45, 7) is 10.1. The molecule has 1 atom stereocenters. The fourth-order valence-electron chi connectivity index (χ4n) is 1.91. The van der Waals surface area contributed by atoms with E-state index in [9.17, 15) is 4.79 Å². The summed E-state index contributed by atoms with van der Waals surface area (Å²) in [4.78, 5) is 14.5. The first kappa shape index (κ1) is 17.3. The molecule has 0 aliphatic carbocycles. The van der Waals surface area contributed by atoms with Crippen molar-refractivity contribution in [3.63, 3.8) is 0 Å². The van der Waals surface area contributed by atoms with Gasteiger partial charge in [-0.2, -0.15) is 0 Å². The Morgan fingerprint density at radius 2 is 2.00 bits per heavy atom. The number of rotatable bonds is 9. The quantitative estimate of drug-likeness (QED) is 0.514. The van der Waals surface area contributed by atoms with Gasteiger partial charge < -0.3 is 10.5 Å². The molecule has 4 nitrogen and oxygen atoms in total. The van der Waals surface area contributed by atoms with Gasteiger partial charge >= 0.3 is 5.97 Å². The summed E-state index contributed by atoms with van der Waals surface area (Å²) >= 11 is 4.90. The summed E-state index contributed by atoms with van der Waals surface area (Å²) < 4.78 is 5.12. The van der Waals surface area contributed by atoms with Crippen LogP contribution in [0.15, 0.2) is 0 Å². The minimum Gasteiger partial charge on any atom is -0.465 e. The van der Waals surface area contributed by atoms with Gasteiger partial charge in [-0.25, -0.2) is 0 Å². The van der Waals surface area contributed by atoms with Crippen LogP contribution in [0.4, 0.5) is 0 Å². The van der Waals surface area contributed by atoms with Crippen molar-refractivity contribution in [2.24, 2.45) is 11.7 Å². The molecule has 5 heteroatoms. The highest BCUT2D eigenvalue weighted by Crippen LogP contribution is 2.11. The molecule has 106 valence electrons. The summed E-state index contributed by atoms with van der Waals surface area (Å²) in [6.07, 6.45) is 1.38. The highest BCUT2D eigenvalue weighted by atomic mass is 32.1. The largest absolute Gasteiger partial charge is 0.465 e. The van der Waals surface area contributed by atoms with Gasteiger partial charge in [-0.3, -0.25) is 9.69 Å². The minimum absolute atomic E-state index is 0.149. The fourth-order valence-corrected chi connectivity index (χ4v) is 2.00.